The van der Waals surface area contributed by atoms with Crippen molar-refractivity contribution in [3.05, 3.63) is 65.7 Å². The number of methoxy groups -OCH3 is 1. The van der Waals surface area contributed by atoms with E-state index in [0.29, 0.717) is 5.56 Å². The van der Waals surface area contributed by atoms with Gasteiger partial charge in [0.05, 0.1) is 12.7 Å². The molecule has 1 amide bonds. The van der Waals surface area contributed by atoms with Gasteiger partial charge >= 0.3 is 5.97 Å². The first-order valence-corrected chi connectivity index (χ1v) is 11.1. The Morgan fingerprint density at radius 2 is 1.61 bits per heavy atom. The Labute approximate surface area is 184 Å². The summed E-state index contributed by atoms with van der Waals surface area (Å²) in [7, 11) is 1.39. The summed E-state index contributed by atoms with van der Waals surface area (Å²) in [5, 5.41) is 0. The fourth-order valence-corrected chi connectivity index (χ4v) is 4.74. The van der Waals surface area contributed by atoms with Gasteiger partial charge in [0.15, 0.2) is 0 Å². The second-order valence-corrected chi connectivity index (χ2v) is 8.42. The number of likely N-dealkylation sites (tertiary alicyclic amines) is 1. The molecule has 164 valence electrons. The number of rotatable bonds is 5. The number of ether oxygens (including phenoxy) is 1. The van der Waals surface area contributed by atoms with E-state index in [0.717, 1.165) is 56.8 Å². The molecule has 0 radical (unpaired) electrons. The molecule has 2 heterocycles. The van der Waals surface area contributed by atoms with Gasteiger partial charge in [0.1, 0.15) is 6.04 Å². The van der Waals surface area contributed by atoms with Crippen molar-refractivity contribution in [1.82, 2.24) is 9.80 Å². The Kier molecular flexibility index (Phi) is 6.56. The average Bonchev–Trinajstić information content (AvgIpc) is 3.35. The number of anilines is 1. The van der Waals surface area contributed by atoms with E-state index < -0.39 is 0 Å². The molecule has 2 saturated heterocycles. The van der Waals surface area contributed by atoms with Gasteiger partial charge in [0, 0.05) is 44.5 Å². The minimum absolute atomic E-state index is 0.214. The molecule has 2 unspecified atom stereocenters. The van der Waals surface area contributed by atoms with E-state index in [1.165, 1.54) is 7.11 Å². The molecule has 6 nitrogen and oxygen atoms in total. The fraction of sp³-hybridized carbons (Fsp3) is 0.440. The van der Waals surface area contributed by atoms with Crippen LogP contribution in [-0.2, 0) is 9.53 Å². The number of piperazine rings is 1. The highest BCUT2D eigenvalue weighted by molar-refractivity contribution is 5.89. The van der Waals surface area contributed by atoms with Crippen LogP contribution < -0.4 is 4.90 Å². The topological polar surface area (TPSA) is 53.1 Å². The lowest BCUT2D eigenvalue weighted by Crippen LogP contribution is -2.56. The van der Waals surface area contributed by atoms with Crippen LogP contribution in [0, 0.1) is 0 Å². The number of amides is 1. The van der Waals surface area contributed by atoms with E-state index in [1.807, 2.05) is 47.4 Å². The SMILES string of the molecule is COC(=O)c1ccc(N2CCN(C(C(=O)N3CCCC3)c3ccccc3)C(C)C2)cc1. The number of hydrogen-bond donors (Lipinski definition) is 0. The summed E-state index contributed by atoms with van der Waals surface area (Å²) in [4.78, 5) is 31.9. The average molecular weight is 422 g/mol. The standard InChI is InChI=1S/C25H31N3O3/c1-19-18-27(22-12-10-21(11-13-22)25(30)31-2)16-17-28(19)23(20-8-4-3-5-9-20)24(29)26-14-6-7-15-26/h3-5,8-13,19,23H,6-7,14-18H2,1-2H3. The molecular formula is C25H31N3O3. The molecule has 0 aliphatic carbocycles. The molecule has 2 aromatic rings. The number of nitrogens with zero attached hydrogens (tertiary/aromatic N) is 3. The summed E-state index contributed by atoms with van der Waals surface area (Å²) in [6.45, 7) is 6.39. The minimum Gasteiger partial charge on any atom is -0.465 e. The second-order valence-electron chi connectivity index (χ2n) is 8.42. The summed E-state index contributed by atoms with van der Waals surface area (Å²) in [5.74, 6) is -0.0951. The number of esters is 1. The van der Waals surface area contributed by atoms with Crippen molar-refractivity contribution in [2.24, 2.45) is 0 Å². The summed E-state index contributed by atoms with van der Waals surface area (Å²) in [5.41, 5.74) is 2.71. The van der Waals surface area contributed by atoms with Crippen LogP contribution in [0.1, 0.15) is 41.7 Å². The monoisotopic (exact) mass is 421 g/mol. The number of benzene rings is 2. The van der Waals surface area contributed by atoms with Gasteiger partial charge < -0.3 is 14.5 Å². The van der Waals surface area contributed by atoms with E-state index in [1.54, 1.807) is 0 Å². The van der Waals surface area contributed by atoms with Gasteiger partial charge in [-0.1, -0.05) is 30.3 Å². The fourth-order valence-electron chi connectivity index (χ4n) is 4.74. The normalized spacial score (nSPS) is 20.5. The Hall–Kier alpha value is -2.86. The van der Waals surface area contributed by atoms with Crippen molar-refractivity contribution in [1.29, 1.82) is 0 Å². The molecule has 0 spiro atoms. The van der Waals surface area contributed by atoms with Gasteiger partial charge in [-0.25, -0.2) is 4.79 Å². The first-order valence-electron chi connectivity index (χ1n) is 11.1. The van der Waals surface area contributed by atoms with E-state index in [-0.39, 0.29) is 24.0 Å². The molecule has 4 rings (SSSR count). The third-order valence-corrected chi connectivity index (χ3v) is 6.43. The zero-order valence-electron chi connectivity index (χ0n) is 18.4. The summed E-state index contributed by atoms with van der Waals surface area (Å²) < 4.78 is 4.79. The van der Waals surface area contributed by atoms with E-state index in [9.17, 15) is 9.59 Å². The molecule has 0 saturated carbocycles. The molecule has 6 heteroatoms. The summed E-state index contributed by atoms with van der Waals surface area (Å²) in [6.07, 6.45) is 2.19. The zero-order chi connectivity index (χ0) is 21.8. The molecule has 2 atom stereocenters. The van der Waals surface area contributed by atoms with Crippen LogP contribution in [0.15, 0.2) is 54.6 Å². The molecular weight excluding hydrogens is 390 g/mol. The smallest absolute Gasteiger partial charge is 0.337 e. The lowest BCUT2D eigenvalue weighted by molar-refractivity contribution is -0.137. The highest BCUT2D eigenvalue weighted by atomic mass is 16.5. The third kappa shape index (κ3) is 4.59. The maximum Gasteiger partial charge on any atom is 0.337 e. The van der Waals surface area contributed by atoms with Gasteiger partial charge in [-0.15, -0.1) is 0 Å². The zero-order valence-corrected chi connectivity index (χ0v) is 18.4. The molecule has 0 aromatic heterocycles. The summed E-state index contributed by atoms with van der Waals surface area (Å²) >= 11 is 0. The predicted octanol–water partition coefficient (Wildman–Crippen LogP) is 3.35. The Balaban J connectivity index is 1.51. The van der Waals surface area contributed by atoms with E-state index in [2.05, 4.69) is 28.9 Å². The molecule has 2 fully saturated rings. The van der Waals surface area contributed by atoms with Gasteiger partial charge in [0.25, 0.3) is 0 Å². The minimum atomic E-state index is -0.323. The Morgan fingerprint density at radius 1 is 0.935 bits per heavy atom. The van der Waals surface area contributed by atoms with Gasteiger partial charge in [-0.3, -0.25) is 9.69 Å². The van der Waals surface area contributed by atoms with Crippen molar-refractivity contribution in [2.45, 2.75) is 31.8 Å². The molecule has 0 bridgehead atoms. The predicted molar refractivity (Wildman–Crippen MR) is 121 cm³/mol. The summed E-state index contributed by atoms with van der Waals surface area (Å²) in [6, 6.07) is 17.7. The second kappa shape index (κ2) is 9.52. The van der Waals surface area contributed by atoms with Crippen LogP contribution in [-0.4, -0.2) is 67.6 Å². The van der Waals surface area contributed by atoms with Crippen molar-refractivity contribution in [3.8, 4) is 0 Å². The molecule has 2 aliphatic rings. The molecule has 31 heavy (non-hydrogen) atoms. The quantitative estimate of drug-likeness (QED) is 0.693. The van der Waals surface area contributed by atoms with Gasteiger partial charge in [0.2, 0.25) is 5.91 Å². The van der Waals surface area contributed by atoms with Gasteiger partial charge in [-0.2, -0.15) is 0 Å². The van der Waals surface area contributed by atoms with Crippen molar-refractivity contribution >= 4 is 17.6 Å². The van der Waals surface area contributed by atoms with E-state index in [4.69, 9.17) is 4.74 Å². The van der Waals surface area contributed by atoms with Crippen LogP contribution in [0.5, 0.6) is 0 Å². The first-order chi connectivity index (χ1) is 15.1. The van der Waals surface area contributed by atoms with Crippen molar-refractivity contribution < 1.29 is 14.3 Å². The lowest BCUT2D eigenvalue weighted by Gasteiger charge is -2.45. The van der Waals surface area contributed by atoms with Crippen LogP contribution in [0.3, 0.4) is 0 Å². The van der Waals surface area contributed by atoms with Crippen LogP contribution in [0.2, 0.25) is 0 Å². The Morgan fingerprint density at radius 3 is 2.23 bits per heavy atom. The maximum atomic E-state index is 13.5. The Bertz CT molecular complexity index is 894. The van der Waals surface area contributed by atoms with Crippen molar-refractivity contribution in [3.63, 3.8) is 0 Å². The molecule has 2 aliphatic heterocycles. The van der Waals surface area contributed by atoms with Crippen LogP contribution in [0.25, 0.3) is 0 Å². The van der Waals surface area contributed by atoms with Crippen molar-refractivity contribution in [2.75, 3.05) is 44.7 Å². The number of hydrogen-bond acceptors (Lipinski definition) is 5. The largest absolute Gasteiger partial charge is 0.465 e. The highest BCUT2D eigenvalue weighted by Gasteiger charge is 2.37. The first kappa shape index (κ1) is 21.4. The number of carbonyl (C=O) groups excluding carboxylic acids is 2. The van der Waals surface area contributed by atoms with Gasteiger partial charge in [-0.05, 0) is 49.6 Å². The van der Waals surface area contributed by atoms with E-state index >= 15 is 0 Å². The molecule has 2 aromatic carbocycles. The third-order valence-electron chi connectivity index (χ3n) is 6.43. The van der Waals surface area contributed by atoms with Crippen LogP contribution in [0.4, 0.5) is 5.69 Å². The van der Waals surface area contributed by atoms with Crippen LogP contribution >= 0.6 is 0 Å². The molecule has 0 N–H and O–H groups in total. The highest BCUT2D eigenvalue weighted by Crippen LogP contribution is 2.30. The lowest BCUT2D eigenvalue weighted by atomic mass is 10.00. The number of carbonyl (C=O) groups is 2. The maximum absolute atomic E-state index is 13.5.